The number of aliphatic hydroxyl groups is 1. The first-order chi connectivity index (χ1) is 11.9. The number of rotatable bonds is 5. The third-order valence-electron chi connectivity index (χ3n) is 3.28. The van der Waals surface area contributed by atoms with Crippen molar-refractivity contribution in [3.8, 4) is 11.3 Å². The van der Waals surface area contributed by atoms with Gasteiger partial charge in [0.05, 0.1) is 22.6 Å². The number of nitrogens with zero attached hydrogens (tertiary/aromatic N) is 2. The summed E-state index contributed by atoms with van der Waals surface area (Å²) in [7, 11) is 0. The Morgan fingerprint density at radius 3 is 2.56 bits per heavy atom. The highest BCUT2D eigenvalue weighted by Gasteiger charge is 2.13. The molecule has 1 amide bonds. The van der Waals surface area contributed by atoms with Crippen molar-refractivity contribution in [2.24, 2.45) is 0 Å². The molecule has 1 aromatic heterocycles. The van der Waals surface area contributed by atoms with Crippen molar-refractivity contribution in [3.05, 3.63) is 71.7 Å². The summed E-state index contributed by atoms with van der Waals surface area (Å²) in [6, 6.07) is 9.48. The van der Waals surface area contributed by atoms with E-state index in [1.54, 1.807) is 6.08 Å². The first-order valence-electron chi connectivity index (χ1n) is 7.52. The average Bonchev–Trinajstić information content (AvgIpc) is 2.61. The fourth-order valence-electron chi connectivity index (χ4n) is 2.15. The maximum Gasteiger partial charge on any atom is 0.222 e. The summed E-state index contributed by atoms with van der Waals surface area (Å²) in [4.78, 5) is 20.2. The van der Waals surface area contributed by atoms with Crippen molar-refractivity contribution in [1.29, 1.82) is 0 Å². The Morgan fingerprint density at radius 1 is 1.28 bits per heavy atom. The largest absolute Gasteiger partial charge is 0.506 e. The zero-order valence-electron chi connectivity index (χ0n) is 14.0. The van der Waals surface area contributed by atoms with Gasteiger partial charge in [0, 0.05) is 12.5 Å². The van der Waals surface area contributed by atoms with Crippen LogP contribution in [0.4, 0.5) is 5.82 Å². The Kier molecular flexibility index (Phi) is 6.08. The molecule has 0 bridgehead atoms. The predicted octanol–water partition coefficient (Wildman–Crippen LogP) is 4.70. The zero-order valence-corrected chi connectivity index (χ0v) is 14.7. The quantitative estimate of drug-likeness (QED) is 0.602. The first-order valence-corrected chi connectivity index (χ1v) is 7.90. The van der Waals surface area contributed by atoms with E-state index in [2.05, 4.69) is 21.9 Å². The molecule has 0 aliphatic heterocycles. The van der Waals surface area contributed by atoms with Gasteiger partial charge in [0.1, 0.15) is 5.76 Å². The van der Waals surface area contributed by atoms with Crippen molar-refractivity contribution in [3.63, 3.8) is 0 Å². The van der Waals surface area contributed by atoms with Crippen LogP contribution in [0.3, 0.4) is 0 Å². The van der Waals surface area contributed by atoms with E-state index in [4.69, 9.17) is 11.6 Å². The molecule has 128 valence electrons. The van der Waals surface area contributed by atoms with E-state index in [1.807, 2.05) is 37.3 Å². The SMILES string of the molecule is C=C/C(O)=C(Cl)\C=C(/C)c1ncc(NC(C)=O)nc1-c1ccccc1. The number of allylic oxidation sites excluding steroid dienone is 4. The van der Waals surface area contributed by atoms with E-state index in [9.17, 15) is 9.90 Å². The zero-order chi connectivity index (χ0) is 18.4. The lowest BCUT2D eigenvalue weighted by Gasteiger charge is -2.11. The fourth-order valence-corrected chi connectivity index (χ4v) is 2.39. The number of hydrogen-bond donors (Lipinski definition) is 2. The van der Waals surface area contributed by atoms with E-state index in [1.165, 1.54) is 19.2 Å². The van der Waals surface area contributed by atoms with E-state index in [0.29, 0.717) is 22.8 Å². The molecule has 2 aromatic rings. The summed E-state index contributed by atoms with van der Waals surface area (Å²) in [6.45, 7) is 6.70. The van der Waals surface area contributed by atoms with Crippen LogP contribution in [0.1, 0.15) is 19.5 Å². The van der Waals surface area contributed by atoms with E-state index in [0.717, 1.165) is 5.56 Å². The summed E-state index contributed by atoms with van der Waals surface area (Å²) in [5.74, 6) is 0.0128. The second-order valence-corrected chi connectivity index (χ2v) is 5.67. The van der Waals surface area contributed by atoms with Gasteiger partial charge < -0.3 is 10.4 Å². The molecule has 2 N–H and O–H groups in total. The lowest BCUT2D eigenvalue weighted by Crippen LogP contribution is -2.09. The van der Waals surface area contributed by atoms with Gasteiger partial charge in [0.25, 0.3) is 0 Å². The van der Waals surface area contributed by atoms with Crippen LogP contribution in [0.15, 0.2) is 66.1 Å². The van der Waals surface area contributed by atoms with Crippen molar-refractivity contribution in [2.45, 2.75) is 13.8 Å². The number of aliphatic hydroxyl groups excluding tert-OH is 1. The van der Waals surface area contributed by atoms with Gasteiger partial charge >= 0.3 is 0 Å². The maximum absolute atomic E-state index is 11.3. The summed E-state index contributed by atoms with van der Waals surface area (Å²) < 4.78 is 0. The third kappa shape index (κ3) is 4.78. The van der Waals surface area contributed by atoms with Crippen molar-refractivity contribution < 1.29 is 9.90 Å². The lowest BCUT2D eigenvalue weighted by atomic mass is 10.0. The van der Waals surface area contributed by atoms with Crippen LogP contribution >= 0.6 is 11.6 Å². The lowest BCUT2D eigenvalue weighted by molar-refractivity contribution is -0.114. The third-order valence-corrected chi connectivity index (χ3v) is 3.58. The smallest absolute Gasteiger partial charge is 0.222 e. The Labute approximate surface area is 151 Å². The molecule has 0 unspecified atom stereocenters. The first kappa shape index (κ1) is 18.4. The van der Waals surface area contributed by atoms with Gasteiger partial charge in [-0.25, -0.2) is 4.98 Å². The molecule has 6 heteroatoms. The molecule has 1 heterocycles. The van der Waals surface area contributed by atoms with Gasteiger partial charge in [0.15, 0.2) is 5.82 Å². The molecule has 0 spiro atoms. The Bertz CT molecular complexity index is 858. The number of hydrogen-bond acceptors (Lipinski definition) is 4. The van der Waals surface area contributed by atoms with Gasteiger partial charge in [-0.3, -0.25) is 9.78 Å². The molecule has 2 rings (SSSR count). The minimum Gasteiger partial charge on any atom is -0.506 e. The van der Waals surface area contributed by atoms with E-state index >= 15 is 0 Å². The van der Waals surface area contributed by atoms with Crippen LogP contribution in [0.2, 0.25) is 0 Å². The molecule has 0 saturated carbocycles. The molecular weight excluding hydrogens is 338 g/mol. The van der Waals surface area contributed by atoms with Gasteiger partial charge in [0.2, 0.25) is 5.91 Å². The maximum atomic E-state index is 11.3. The van der Waals surface area contributed by atoms with Crippen LogP contribution < -0.4 is 5.32 Å². The highest BCUT2D eigenvalue weighted by Crippen LogP contribution is 2.28. The number of nitrogens with one attached hydrogen (secondary N) is 1. The number of benzene rings is 1. The summed E-state index contributed by atoms with van der Waals surface area (Å²) in [6.07, 6.45) is 4.33. The number of carbonyl (C=O) groups is 1. The monoisotopic (exact) mass is 355 g/mol. The molecule has 1 aromatic carbocycles. The topological polar surface area (TPSA) is 75.1 Å². The van der Waals surface area contributed by atoms with Crippen molar-refractivity contribution in [2.75, 3.05) is 5.32 Å². The molecule has 0 fully saturated rings. The minimum absolute atomic E-state index is 0.120. The molecule has 0 saturated heterocycles. The average molecular weight is 356 g/mol. The van der Waals surface area contributed by atoms with Gasteiger partial charge in [-0.1, -0.05) is 48.5 Å². The summed E-state index contributed by atoms with van der Waals surface area (Å²) in [5, 5.41) is 12.4. The molecule has 0 atom stereocenters. The second-order valence-electron chi connectivity index (χ2n) is 5.26. The van der Waals surface area contributed by atoms with Gasteiger partial charge in [-0.15, -0.1) is 0 Å². The van der Waals surface area contributed by atoms with Crippen LogP contribution in [0.5, 0.6) is 0 Å². The Balaban J connectivity index is 2.59. The van der Waals surface area contributed by atoms with Crippen molar-refractivity contribution in [1.82, 2.24) is 9.97 Å². The molecule has 5 nitrogen and oxygen atoms in total. The highest BCUT2D eigenvalue weighted by atomic mass is 35.5. The molecule has 0 aliphatic carbocycles. The predicted molar refractivity (Wildman–Crippen MR) is 101 cm³/mol. The van der Waals surface area contributed by atoms with E-state index in [-0.39, 0.29) is 16.7 Å². The molecule has 0 aliphatic rings. The van der Waals surface area contributed by atoms with E-state index < -0.39 is 0 Å². The Morgan fingerprint density at radius 2 is 1.96 bits per heavy atom. The standard InChI is InChI=1S/C19H18ClN3O2/c1-4-16(25)15(20)10-12(2)18-19(14-8-6-5-7-9-14)23-17(11-21-18)22-13(3)24/h4-11,25H,1H2,2-3H3,(H,22,23,24)/b12-10+,16-15-. The Hall–Kier alpha value is -2.92. The highest BCUT2D eigenvalue weighted by molar-refractivity contribution is 6.32. The van der Waals surface area contributed by atoms with Crippen LogP contribution in [0, 0.1) is 0 Å². The van der Waals surface area contributed by atoms with Gasteiger partial charge in [-0.05, 0) is 24.6 Å². The number of amides is 1. The number of carbonyl (C=O) groups excluding carboxylic acids is 1. The molecule has 0 radical (unpaired) electrons. The summed E-state index contributed by atoms with van der Waals surface area (Å²) >= 11 is 6.05. The van der Waals surface area contributed by atoms with Crippen LogP contribution in [-0.4, -0.2) is 21.0 Å². The normalized spacial score (nSPS) is 12.4. The summed E-state index contributed by atoms with van der Waals surface area (Å²) in [5.41, 5.74) is 2.75. The fraction of sp³-hybridized carbons (Fsp3) is 0.105. The van der Waals surface area contributed by atoms with Crippen molar-refractivity contribution >= 4 is 28.9 Å². The van der Waals surface area contributed by atoms with Gasteiger partial charge in [-0.2, -0.15) is 0 Å². The second kappa shape index (κ2) is 8.26. The van der Waals surface area contributed by atoms with Crippen LogP contribution in [-0.2, 0) is 4.79 Å². The number of anilines is 1. The van der Waals surface area contributed by atoms with Crippen LogP contribution in [0.25, 0.3) is 16.8 Å². The molecule has 25 heavy (non-hydrogen) atoms. The minimum atomic E-state index is -0.227. The molecular formula is C19H18ClN3O2. The number of halogens is 1. The number of aromatic nitrogens is 2.